The van der Waals surface area contributed by atoms with Gasteiger partial charge in [-0.15, -0.1) is 0 Å². The highest BCUT2D eigenvalue weighted by Gasteiger charge is 2.49. The summed E-state index contributed by atoms with van der Waals surface area (Å²) in [7, 11) is 0. The van der Waals surface area contributed by atoms with Gasteiger partial charge in [0.05, 0.1) is 12.1 Å². The molecule has 2 unspecified atom stereocenters. The molecule has 1 heterocycles. The molecule has 4 saturated carbocycles. The minimum absolute atomic E-state index is 0.119. The van der Waals surface area contributed by atoms with E-state index in [0.717, 1.165) is 23.7 Å². The molecule has 4 aliphatic carbocycles. The summed E-state index contributed by atoms with van der Waals surface area (Å²) in [4.78, 5) is 12.3. The normalized spacial score (nSPS) is 51.5. The molecule has 0 aromatic rings. The summed E-state index contributed by atoms with van der Waals surface area (Å²) in [5.41, 5.74) is 0. The molecule has 1 aliphatic heterocycles. The lowest BCUT2D eigenvalue weighted by Gasteiger charge is -2.54. The number of hydrogen-bond donors (Lipinski definition) is 3. The van der Waals surface area contributed by atoms with Crippen molar-refractivity contribution in [2.24, 2.45) is 23.7 Å². The van der Waals surface area contributed by atoms with Gasteiger partial charge in [0, 0.05) is 12.6 Å². The molecule has 0 spiro atoms. The summed E-state index contributed by atoms with van der Waals surface area (Å²) in [6, 6.07) is 0.243. The fourth-order valence-electron chi connectivity index (χ4n) is 5.34. The molecule has 0 radical (unpaired) electrons. The first-order chi connectivity index (χ1) is 9.19. The number of rotatable bonds is 2. The van der Waals surface area contributed by atoms with Gasteiger partial charge in [-0.05, 0) is 62.2 Å². The van der Waals surface area contributed by atoms with Gasteiger partial charge >= 0.3 is 0 Å². The van der Waals surface area contributed by atoms with Crippen LogP contribution in [0.15, 0.2) is 0 Å². The molecular formula is C15H24N2O2. The lowest BCUT2D eigenvalue weighted by atomic mass is 9.54. The van der Waals surface area contributed by atoms with Gasteiger partial charge in [0.2, 0.25) is 5.91 Å². The zero-order valence-corrected chi connectivity index (χ0v) is 11.3. The number of nitrogens with one attached hydrogen (secondary N) is 2. The molecule has 4 heteroatoms. The van der Waals surface area contributed by atoms with Crippen LogP contribution in [0.5, 0.6) is 0 Å². The zero-order valence-electron chi connectivity index (χ0n) is 11.3. The third kappa shape index (κ3) is 2.09. The van der Waals surface area contributed by atoms with Crippen molar-refractivity contribution in [1.82, 2.24) is 10.6 Å². The largest absolute Gasteiger partial charge is 0.392 e. The van der Waals surface area contributed by atoms with Crippen molar-refractivity contribution in [2.45, 2.75) is 56.7 Å². The summed E-state index contributed by atoms with van der Waals surface area (Å²) in [6.07, 6.45) is 6.99. The van der Waals surface area contributed by atoms with Crippen LogP contribution in [-0.4, -0.2) is 35.7 Å². The molecule has 4 bridgehead atoms. The van der Waals surface area contributed by atoms with Crippen LogP contribution in [0.4, 0.5) is 0 Å². The van der Waals surface area contributed by atoms with Gasteiger partial charge in [0.25, 0.3) is 0 Å². The van der Waals surface area contributed by atoms with Gasteiger partial charge in [-0.25, -0.2) is 0 Å². The quantitative estimate of drug-likeness (QED) is 0.686. The first kappa shape index (κ1) is 12.2. The monoisotopic (exact) mass is 264 g/mol. The summed E-state index contributed by atoms with van der Waals surface area (Å²) in [5, 5.41) is 15.9. The minimum atomic E-state index is -0.353. The van der Waals surface area contributed by atoms with Crippen molar-refractivity contribution >= 4 is 5.91 Å². The molecule has 5 rings (SSSR count). The number of β-amino-alcohol motifs (C(OH)–C–C–N with tert-alkyl or cyclic N) is 1. The predicted octanol–water partition coefficient (Wildman–Crippen LogP) is 0.650. The van der Waals surface area contributed by atoms with Crippen molar-refractivity contribution in [3.8, 4) is 0 Å². The Bertz CT molecular complexity index is 356. The maximum Gasteiger partial charge on any atom is 0.237 e. The molecule has 19 heavy (non-hydrogen) atoms. The predicted molar refractivity (Wildman–Crippen MR) is 71.4 cm³/mol. The van der Waals surface area contributed by atoms with E-state index in [1.165, 1.54) is 32.1 Å². The van der Waals surface area contributed by atoms with Crippen molar-refractivity contribution in [3.63, 3.8) is 0 Å². The fourth-order valence-corrected chi connectivity index (χ4v) is 5.34. The molecule has 4 nitrogen and oxygen atoms in total. The molecule has 0 aromatic heterocycles. The average Bonchev–Trinajstić information content (AvgIpc) is 2.79. The van der Waals surface area contributed by atoms with Gasteiger partial charge in [-0.3, -0.25) is 4.79 Å². The number of amides is 1. The molecule has 5 aliphatic rings. The maximum atomic E-state index is 12.3. The molecule has 5 fully saturated rings. The highest BCUT2D eigenvalue weighted by atomic mass is 16.3. The second-order valence-electron chi connectivity index (χ2n) is 7.32. The summed E-state index contributed by atoms with van der Waals surface area (Å²) < 4.78 is 0. The molecule has 1 amide bonds. The average molecular weight is 264 g/mol. The Kier molecular flexibility index (Phi) is 2.85. The van der Waals surface area contributed by atoms with Crippen molar-refractivity contribution in [1.29, 1.82) is 0 Å². The summed E-state index contributed by atoms with van der Waals surface area (Å²) >= 11 is 0. The van der Waals surface area contributed by atoms with Gasteiger partial charge in [-0.1, -0.05) is 0 Å². The van der Waals surface area contributed by atoms with Crippen molar-refractivity contribution in [3.05, 3.63) is 0 Å². The van der Waals surface area contributed by atoms with E-state index >= 15 is 0 Å². The maximum absolute atomic E-state index is 12.3. The Morgan fingerprint density at radius 2 is 1.63 bits per heavy atom. The van der Waals surface area contributed by atoms with E-state index in [0.29, 0.717) is 19.0 Å². The second-order valence-corrected chi connectivity index (χ2v) is 7.32. The Hall–Kier alpha value is -0.610. The van der Waals surface area contributed by atoms with Crippen LogP contribution in [0, 0.1) is 23.7 Å². The lowest BCUT2D eigenvalue weighted by Crippen LogP contribution is -2.58. The molecule has 3 N–H and O–H groups in total. The van der Waals surface area contributed by atoms with E-state index in [4.69, 9.17) is 0 Å². The van der Waals surface area contributed by atoms with Crippen LogP contribution in [0.3, 0.4) is 0 Å². The fraction of sp³-hybridized carbons (Fsp3) is 0.933. The van der Waals surface area contributed by atoms with Crippen LogP contribution in [0.2, 0.25) is 0 Å². The number of carbonyl (C=O) groups excluding carboxylic acids is 1. The van der Waals surface area contributed by atoms with E-state index in [2.05, 4.69) is 10.6 Å². The molecule has 1 saturated heterocycles. The Morgan fingerprint density at radius 1 is 1.00 bits per heavy atom. The second kappa shape index (κ2) is 4.45. The van der Waals surface area contributed by atoms with Gasteiger partial charge in [0.15, 0.2) is 0 Å². The standard InChI is InChI=1S/C15H24N2O2/c18-12-6-13(16-7-12)15(19)17-14-10-2-8-1-9(4-10)5-11(14)3-8/h8-14,16,18H,1-7H2,(H,17,19). The highest BCUT2D eigenvalue weighted by Crippen LogP contribution is 2.53. The third-order valence-electron chi connectivity index (χ3n) is 5.96. The lowest BCUT2D eigenvalue weighted by molar-refractivity contribution is -0.126. The van der Waals surface area contributed by atoms with E-state index in [-0.39, 0.29) is 18.1 Å². The van der Waals surface area contributed by atoms with Crippen molar-refractivity contribution < 1.29 is 9.90 Å². The number of aliphatic hydroxyl groups excluding tert-OH is 1. The number of hydrogen-bond acceptors (Lipinski definition) is 3. The molecule has 0 aromatic carbocycles. The van der Waals surface area contributed by atoms with Crippen LogP contribution >= 0.6 is 0 Å². The Morgan fingerprint density at radius 3 is 2.16 bits per heavy atom. The highest BCUT2D eigenvalue weighted by molar-refractivity contribution is 5.82. The van der Waals surface area contributed by atoms with E-state index in [1.807, 2.05) is 0 Å². The molecule has 2 atom stereocenters. The SMILES string of the molecule is O=C(NC1C2CC3CC(C2)CC1C3)C1CC(O)CN1. The molecule has 106 valence electrons. The minimum Gasteiger partial charge on any atom is -0.392 e. The number of aliphatic hydroxyl groups is 1. The Labute approximate surface area is 114 Å². The third-order valence-corrected chi connectivity index (χ3v) is 5.96. The van der Waals surface area contributed by atoms with E-state index in [9.17, 15) is 9.90 Å². The Balaban J connectivity index is 1.41. The molecular weight excluding hydrogens is 240 g/mol. The summed E-state index contributed by atoms with van der Waals surface area (Å²) in [6.45, 7) is 0.555. The van der Waals surface area contributed by atoms with Crippen LogP contribution in [0.25, 0.3) is 0 Å². The van der Waals surface area contributed by atoms with Crippen molar-refractivity contribution in [2.75, 3.05) is 6.54 Å². The first-order valence-corrected chi connectivity index (χ1v) is 7.91. The van der Waals surface area contributed by atoms with E-state index in [1.54, 1.807) is 0 Å². The van der Waals surface area contributed by atoms with Crippen LogP contribution < -0.4 is 10.6 Å². The number of carbonyl (C=O) groups is 1. The first-order valence-electron chi connectivity index (χ1n) is 7.91. The van der Waals surface area contributed by atoms with Gasteiger partial charge < -0.3 is 15.7 Å². The van der Waals surface area contributed by atoms with Gasteiger partial charge in [-0.2, -0.15) is 0 Å². The van der Waals surface area contributed by atoms with E-state index < -0.39 is 0 Å². The summed E-state index contributed by atoms with van der Waals surface area (Å²) in [5.74, 6) is 3.47. The van der Waals surface area contributed by atoms with Crippen LogP contribution in [-0.2, 0) is 4.79 Å². The smallest absolute Gasteiger partial charge is 0.237 e. The van der Waals surface area contributed by atoms with Crippen LogP contribution in [0.1, 0.15) is 38.5 Å². The van der Waals surface area contributed by atoms with Gasteiger partial charge in [0.1, 0.15) is 0 Å². The topological polar surface area (TPSA) is 61.4 Å². The zero-order chi connectivity index (χ0) is 13.0.